The lowest BCUT2D eigenvalue weighted by Crippen LogP contribution is -2.31. The predicted octanol–water partition coefficient (Wildman–Crippen LogP) is 1.86. The summed E-state index contributed by atoms with van der Waals surface area (Å²) in [4.78, 5) is 11.3. The zero-order valence-corrected chi connectivity index (χ0v) is 13.3. The number of ether oxygens (including phenoxy) is 1. The molecule has 2 aromatic carbocycles. The molecule has 1 aliphatic rings. The molecule has 0 radical (unpaired) electrons. The number of hydrogen-bond donors (Lipinski definition) is 1. The van der Waals surface area contributed by atoms with Crippen LogP contribution in [0.1, 0.15) is 5.56 Å². The van der Waals surface area contributed by atoms with Gasteiger partial charge in [0.15, 0.2) is 23.2 Å². The second kappa shape index (κ2) is 6.28. The van der Waals surface area contributed by atoms with Gasteiger partial charge in [-0.05, 0) is 5.56 Å². The Labute approximate surface area is 141 Å². The van der Waals surface area contributed by atoms with Crippen LogP contribution in [-0.2, 0) is 21.6 Å². The molecule has 1 saturated heterocycles. The first kappa shape index (κ1) is 17.1. The molecule has 1 aliphatic heterocycles. The average molecular weight is 372 g/mol. The van der Waals surface area contributed by atoms with Gasteiger partial charge >= 0.3 is 10.2 Å². The lowest BCUT2D eigenvalue weighted by atomic mass is 10.2. The Bertz CT molecular complexity index is 936. The van der Waals surface area contributed by atoms with Crippen molar-refractivity contribution in [1.82, 2.24) is 4.72 Å². The summed E-state index contributed by atoms with van der Waals surface area (Å²) in [5, 5.41) is 0. The second-order valence-electron chi connectivity index (χ2n) is 5.14. The van der Waals surface area contributed by atoms with E-state index < -0.39 is 51.5 Å². The van der Waals surface area contributed by atoms with E-state index in [0.29, 0.717) is 5.56 Å². The average Bonchev–Trinajstić information content (AvgIpc) is 2.82. The molecule has 0 aliphatic carbocycles. The van der Waals surface area contributed by atoms with Crippen molar-refractivity contribution in [3.05, 3.63) is 59.4 Å². The first-order valence-corrected chi connectivity index (χ1v) is 8.41. The Morgan fingerprint density at radius 3 is 2.40 bits per heavy atom. The highest BCUT2D eigenvalue weighted by Crippen LogP contribution is 2.38. The van der Waals surface area contributed by atoms with E-state index in [1.807, 2.05) is 0 Å². The van der Waals surface area contributed by atoms with Gasteiger partial charge in [-0.3, -0.25) is 4.79 Å². The smallest absolute Gasteiger partial charge is 0.326 e. The van der Waals surface area contributed by atoms with Crippen LogP contribution >= 0.6 is 0 Å². The lowest BCUT2D eigenvalue weighted by Gasteiger charge is -2.20. The summed E-state index contributed by atoms with van der Waals surface area (Å²) in [7, 11) is -4.47. The molecule has 3 rings (SSSR count). The number of carbonyl (C=O) groups is 1. The number of nitrogens with one attached hydrogen (secondary N) is 1. The highest BCUT2D eigenvalue weighted by molar-refractivity contribution is 7.92. The van der Waals surface area contributed by atoms with Crippen LogP contribution in [0.2, 0.25) is 0 Å². The van der Waals surface area contributed by atoms with Crippen molar-refractivity contribution in [2.45, 2.75) is 6.61 Å². The molecule has 1 heterocycles. The largest absolute Gasteiger partial charge is 0.483 e. The molecule has 0 unspecified atom stereocenters. The Morgan fingerprint density at radius 1 is 1.12 bits per heavy atom. The Kier molecular flexibility index (Phi) is 4.29. The normalized spacial score (nSPS) is 16.0. The third-order valence-electron chi connectivity index (χ3n) is 3.40. The van der Waals surface area contributed by atoms with Crippen molar-refractivity contribution >= 4 is 21.8 Å². The summed E-state index contributed by atoms with van der Waals surface area (Å²) in [6.45, 7) is -1.03. The highest BCUT2D eigenvalue weighted by Gasteiger charge is 2.39. The Hall–Kier alpha value is -2.75. The number of rotatable bonds is 4. The molecule has 6 nitrogen and oxygen atoms in total. The standard InChI is InChI=1S/C15H11F3N2O4S/c16-10-6-11(17)15(24-8-9-4-2-1-3-5-9)14(13(10)18)20-7-12(21)19-25(20,22)23/h1-6H,7-8H2,(H,19,21). The minimum Gasteiger partial charge on any atom is -0.483 e. The maximum absolute atomic E-state index is 14.2. The molecule has 1 amide bonds. The molecule has 25 heavy (non-hydrogen) atoms. The molecule has 0 bridgehead atoms. The number of hydrogen-bond acceptors (Lipinski definition) is 4. The van der Waals surface area contributed by atoms with Crippen LogP contribution in [-0.4, -0.2) is 20.9 Å². The molecule has 1 N–H and O–H groups in total. The Morgan fingerprint density at radius 2 is 1.80 bits per heavy atom. The van der Waals surface area contributed by atoms with E-state index >= 15 is 0 Å². The summed E-state index contributed by atoms with van der Waals surface area (Å²) in [6.07, 6.45) is 0. The van der Waals surface area contributed by atoms with Gasteiger partial charge < -0.3 is 4.74 Å². The van der Waals surface area contributed by atoms with Crippen molar-refractivity contribution < 1.29 is 31.1 Å². The van der Waals surface area contributed by atoms with Crippen molar-refractivity contribution in [1.29, 1.82) is 0 Å². The lowest BCUT2D eigenvalue weighted by molar-refractivity contribution is -0.117. The first-order chi connectivity index (χ1) is 11.8. The fourth-order valence-corrected chi connectivity index (χ4v) is 3.45. The van der Waals surface area contributed by atoms with E-state index in [2.05, 4.69) is 0 Å². The maximum Gasteiger partial charge on any atom is 0.326 e. The third-order valence-corrected chi connectivity index (χ3v) is 4.78. The van der Waals surface area contributed by atoms with E-state index in [4.69, 9.17) is 4.74 Å². The monoisotopic (exact) mass is 372 g/mol. The molecule has 0 saturated carbocycles. The van der Waals surface area contributed by atoms with Crippen LogP contribution in [0.3, 0.4) is 0 Å². The summed E-state index contributed by atoms with van der Waals surface area (Å²) < 4.78 is 72.8. The minimum atomic E-state index is -4.47. The maximum atomic E-state index is 14.2. The van der Waals surface area contributed by atoms with Gasteiger partial charge in [0.1, 0.15) is 18.8 Å². The number of anilines is 1. The van der Waals surface area contributed by atoms with E-state index in [0.717, 1.165) is 0 Å². The van der Waals surface area contributed by atoms with E-state index in [1.54, 1.807) is 35.1 Å². The van der Waals surface area contributed by atoms with Crippen LogP contribution in [0.5, 0.6) is 5.75 Å². The van der Waals surface area contributed by atoms with Gasteiger partial charge in [0, 0.05) is 6.07 Å². The van der Waals surface area contributed by atoms with Gasteiger partial charge in [0.05, 0.1) is 0 Å². The van der Waals surface area contributed by atoms with Crippen molar-refractivity contribution in [3.63, 3.8) is 0 Å². The van der Waals surface area contributed by atoms with Crippen LogP contribution in [0.15, 0.2) is 36.4 Å². The van der Waals surface area contributed by atoms with Gasteiger partial charge in [-0.2, -0.15) is 8.42 Å². The first-order valence-electron chi connectivity index (χ1n) is 6.97. The van der Waals surface area contributed by atoms with Crippen LogP contribution < -0.4 is 13.8 Å². The number of amides is 1. The van der Waals surface area contributed by atoms with E-state index in [1.165, 1.54) is 0 Å². The molecule has 2 aromatic rings. The van der Waals surface area contributed by atoms with E-state index in [-0.39, 0.29) is 17.0 Å². The summed E-state index contributed by atoms with van der Waals surface area (Å²) in [6, 6.07) is 8.66. The van der Waals surface area contributed by atoms with Gasteiger partial charge in [-0.1, -0.05) is 30.3 Å². The van der Waals surface area contributed by atoms with Crippen LogP contribution in [0.25, 0.3) is 0 Å². The Balaban J connectivity index is 2.06. The SMILES string of the molecule is O=C1CN(c2c(F)c(F)cc(F)c2OCc2ccccc2)S(=O)(=O)N1. The van der Waals surface area contributed by atoms with Gasteiger partial charge in [-0.15, -0.1) is 0 Å². The molecule has 1 fully saturated rings. The molecule has 0 spiro atoms. The zero-order valence-electron chi connectivity index (χ0n) is 12.5. The fourth-order valence-electron chi connectivity index (χ4n) is 2.30. The number of halogens is 3. The molecule has 10 heteroatoms. The number of nitrogens with zero attached hydrogens (tertiary/aromatic N) is 1. The van der Waals surface area contributed by atoms with Gasteiger partial charge in [-0.25, -0.2) is 22.2 Å². The fraction of sp³-hybridized carbons (Fsp3) is 0.133. The zero-order chi connectivity index (χ0) is 18.2. The molecule has 0 aromatic heterocycles. The van der Waals surface area contributed by atoms with Crippen molar-refractivity contribution in [2.75, 3.05) is 10.8 Å². The minimum absolute atomic E-state index is 0.217. The van der Waals surface area contributed by atoms with E-state index in [9.17, 15) is 26.4 Å². The molecular formula is C15H11F3N2O4S. The van der Waals surface area contributed by atoms with Gasteiger partial charge in [0.25, 0.3) is 5.91 Å². The summed E-state index contributed by atoms with van der Waals surface area (Å²) in [5.41, 5.74) is -0.400. The van der Waals surface area contributed by atoms with Crippen LogP contribution in [0, 0.1) is 17.5 Å². The quantitative estimate of drug-likeness (QED) is 0.832. The van der Waals surface area contributed by atoms with Crippen molar-refractivity contribution in [3.8, 4) is 5.75 Å². The van der Waals surface area contributed by atoms with Gasteiger partial charge in [0.2, 0.25) is 0 Å². The highest BCUT2D eigenvalue weighted by atomic mass is 32.2. The van der Waals surface area contributed by atoms with Crippen molar-refractivity contribution in [2.24, 2.45) is 0 Å². The molecule has 0 atom stereocenters. The molecule has 132 valence electrons. The predicted molar refractivity (Wildman–Crippen MR) is 81.5 cm³/mol. The summed E-state index contributed by atoms with van der Waals surface area (Å²) >= 11 is 0. The summed E-state index contributed by atoms with van der Waals surface area (Å²) in [5.74, 6) is -6.29. The topological polar surface area (TPSA) is 75.7 Å². The number of carbonyl (C=O) groups excluding carboxylic acids is 1. The molecular weight excluding hydrogens is 361 g/mol. The van der Waals surface area contributed by atoms with Crippen LogP contribution in [0.4, 0.5) is 18.9 Å². The number of benzene rings is 2. The second-order valence-corrected chi connectivity index (χ2v) is 6.74. The third kappa shape index (κ3) is 3.25.